The molecule has 7 heteroatoms. The van der Waals surface area contributed by atoms with E-state index in [1.54, 1.807) is 11.8 Å². The molecular formula is C25H28N2O5. The lowest BCUT2D eigenvalue weighted by molar-refractivity contribution is -0.167. The molecule has 168 valence electrons. The molecule has 1 aliphatic heterocycles. The zero-order chi connectivity index (χ0) is 22.9. The Hall–Kier alpha value is -3.35. The number of ether oxygens (including phenoxy) is 1. The molecule has 4 rings (SSSR count). The molecule has 1 aliphatic carbocycles. The minimum Gasteiger partial charge on any atom is -0.481 e. The van der Waals surface area contributed by atoms with Crippen molar-refractivity contribution in [2.45, 2.75) is 26.2 Å². The van der Waals surface area contributed by atoms with Crippen LogP contribution in [0.4, 0.5) is 4.79 Å². The highest BCUT2D eigenvalue weighted by molar-refractivity contribution is 5.85. The number of hydrogen-bond acceptors (Lipinski definition) is 4. The molecule has 2 aromatic carbocycles. The average Bonchev–Trinajstić information content (AvgIpc) is 3.09. The first kappa shape index (κ1) is 21.9. The van der Waals surface area contributed by atoms with Gasteiger partial charge < -0.3 is 20.1 Å². The van der Waals surface area contributed by atoms with Gasteiger partial charge in [-0.2, -0.15) is 0 Å². The van der Waals surface area contributed by atoms with Crippen molar-refractivity contribution in [3.05, 3.63) is 59.7 Å². The molecular weight excluding hydrogens is 408 g/mol. The Bertz CT molecular complexity index is 999. The largest absolute Gasteiger partial charge is 0.481 e. The van der Waals surface area contributed by atoms with Crippen LogP contribution in [0.15, 0.2) is 48.5 Å². The number of carboxylic acids is 1. The summed E-state index contributed by atoms with van der Waals surface area (Å²) < 4.78 is 5.50. The summed E-state index contributed by atoms with van der Waals surface area (Å²) in [5.41, 5.74) is 3.77. The van der Waals surface area contributed by atoms with E-state index in [0.717, 1.165) is 22.3 Å². The lowest BCUT2D eigenvalue weighted by atomic mass is 9.77. The van der Waals surface area contributed by atoms with Crippen molar-refractivity contribution in [2.75, 3.05) is 26.2 Å². The van der Waals surface area contributed by atoms with Gasteiger partial charge in [0.25, 0.3) is 0 Å². The Balaban J connectivity index is 1.28. The van der Waals surface area contributed by atoms with Gasteiger partial charge in [0.2, 0.25) is 5.91 Å². The van der Waals surface area contributed by atoms with Crippen molar-refractivity contribution in [1.29, 1.82) is 0 Å². The van der Waals surface area contributed by atoms with Crippen LogP contribution in [0.5, 0.6) is 0 Å². The van der Waals surface area contributed by atoms with E-state index in [9.17, 15) is 19.5 Å². The van der Waals surface area contributed by atoms with E-state index in [-0.39, 0.29) is 38.1 Å². The number of carbonyl (C=O) groups is 3. The molecule has 1 unspecified atom stereocenters. The van der Waals surface area contributed by atoms with Crippen molar-refractivity contribution in [3.8, 4) is 11.1 Å². The van der Waals surface area contributed by atoms with Crippen LogP contribution in [0.1, 0.15) is 37.3 Å². The number of nitrogens with zero attached hydrogens (tertiary/aromatic N) is 1. The molecule has 7 nitrogen and oxygen atoms in total. The molecule has 2 aliphatic rings. The maximum atomic E-state index is 12.5. The molecule has 1 heterocycles. The minimum absolute atomic E-state index is 0.0218. The Morgan fingerprint density at radius 2 is 1.66 bits per heavy atom. The standard InChI is InChI=1S/C25H28N2O5/c1-3-25(23(29)30)14-27(15-25)22(28)16(2)12-26-24(31)32-13-21-19-10-6-4-8-17(19)18-9-5-7-11-20(18)21/h4-11,16,21H,3,12-15H2,1-2H3,(H,26,31)(H,29,30). The number of hydrogen-bond donors (Lipinski definition) is 2. The van der Waals surface area contributed by atoms with Gasteiger partial charge in [0.05, 0.1) is 5.92 Å². The normalized spacial score (nSPS) is 17.0. The highest BCUT2D eigenvalue weighted by Gasteiger charge is 2.50. The third-order valence-corrected chi connectivity index (χ3v) is 6.75. The Morgan fingerprint density at radius 1 is 1.09 bits per heavy atom. The SMILES string of the molecule is CCC1(C(=O)O)CN(C(=O)C(C)CNC(=O)OCC2c3ccccc3-c3ccccc32)C1. The van der Waals surface area contributed by atoms with Crippen molar-refractivity contribution in [2.24, 2.45) is 11.3 Å². The summed E-state index contributed by atoms with van der Waals surface area (Å²) in [6.45, 7) is 4.32. The van der Waals surface area contributed by atoms with Crippen LogP contribution < -0.4 is 5.32 Å². The summed E-state index contributed by atoms with van der Waals surface area (Å²) in [6.07, 6.45) is -0.0815. The van der Waals surface area contributed by atoms with Crippen LogP contribution in [0.3, 0.4) is 0 Å². The molecule has 0 aromatic heterocycles. The van der Waals surface area contributed by atoms with Gasteiger partial charge in [-0.05, 0) is 28.7 Å². The Labute approximate surface area is 187 Å². The monoisotopic (exact) mass is 436 g/mol. The number of carbonyl (C=O) groups excluding carboxylic acids is 2. The number of benzene rings is 2. The number of fused-ring (bicyclic) bond motifs is 3. The molecule has 2 N–H and O–H groups in total. The van der Waals surface area contributed by atoms with Gasteiger partial charge in [-0.1, -0.05) is 62.4 Å². The summed E-state index contributed by atoms with van der Waals surface area (Å²) in [4.78, 5) is 37.8. The summed E-state index contributed by atoms with van der Waals surface area (Å²) in [5.74, 6) is -1.51. The quantitative estimate of drug-likeness (QED) is 0.693. The molecule has 1 fully saturated rings. The van der Waals surface area contributed by atoms with Crippen molar-refractivity contribution in [1.82, 2.24) is 10.2 Å². The van der Waals surface area contributed by atoms with Crippen LogP contribution in [0.25, 0.3) is 11.1 Å². The summed E-state index contributed by atoms with van der Waals surface area (Å²) in [7, 11) is 0. The zero-order valence-corrected chi connectivity index (χ0v) is 18.3. The number of nitrogens with one attached hydrogen (secondary N) is 1. The molecule has 0 radical (unpaired) electrons. The van der Waals surface area contributed by atoms with Gasteiger partial charge >= 0.3 is 12.1 Å². The van der Waals surface area contributed by atoms with Crippen molar-refractivity contribution < 1.29 is 24.2 Å². The molecule has 2 aromatic rings. The van der Waals surface area contributed by atoms with Crippen molar-refractivity contribution in [3.63, 3.8) is 0 Å². The first-order chi connectivity index (χ1) is 15.4. The van der Waals surface area contributed by atoms with Crippen LogP contribution in [-0.4, -0.2) is 54.2 Å². The molecule has 32 heavy (non-hydrogen) atoms. The Morgan fingerprint density at radius 3 is 2.19 bits per heavy atom. The van der Waals surface area contributed by atoms with Crippen molar-refractivity contribution >= 4 is 18.0 Å². The highest BCUT2D eigenvalue weighted by atomic mass is 16.5. The summed E-state index contributed by atoms with van der Waals surface area (Å²) in [5, 5.41) is 12.0. The molecule has 1 atom stereocenters. The molecule has 2 amide bonds. The van der Waals surface area contributed by atoms with Crippen LogP contribution in [0, 0.1) is 11.3 Å². The first-order valence-corrected chi connectivity index (χ1v) is 11.0. The van der Waals surface area contributed by atoms with E-state index in [2.05, 4.69) is 29.6 Å². The third-order valence-electron chi connectivity index (χ3n) is 6.75. The second-order valence-corrected chi connectivity index (χ2v) is 8.74. The predicted octanol–water partition coefficient (Wildman–Crippen LogP) is 3.48. The van der Waals surface area contributed by atoms with E-state index in [1.807, 2.05) is 31.2 Å². The fraction of sp³-hybridized carbons (Fsp3) is 0.400. The highest BCUT2D eigenvalue weighted by Crippen LogP contribution is 2.44. The summed E-state index contributed by atoms with van der Waals surface area (Å²) >= 11 is 0. The van der Waals surface area contributed by atoms with Gasteiger partial charge in [0.15, 0.2) is 0 Å². The number of carboxylic acid groups (broad SMARTS) is 1. The maximum Gasteiger partial charge on any atom is 0.407 e. The number of rotatable bonds is 7. The van der Waals surface area contributed by atoms with Crippen LogP contribution in [-0.2, 0) is 14.3 Å². The van der Waals surface area contributed by atoms with E-state index in [4.69, 9.17) is 4.74 Å². The van der Waals surface area contributed by atoms with E-state index >= 15 is 0 Å². The molecule has 1 saturated heterocycles. The van der Waals surface area contributed by atoms with Crippen LogP contribution in [0.2, 0.25) is 0 Å². The lowest BCUT2D eigenvalue weighted by Crippen LogP contribution is -2.63. The fourth-order valence-electron chi connectivity index (χ4n) is 4.64. The second kappa shape index (κ2) is 8.65. The first-order valence-electron chi connectivity index (χ1n) is 11.0. The molecule has 0 saturated carbocycles. The van der Waals surface area contributed by atoms with Gasteiger partial charge in [-0.15, -0.1) is 0 Å². The predicted molar refractivity (Wildman–Crippen MR) is 119 cm³/mol. The van der Waals surface area contributed by atoms with Gasteiger partial charge in [-0.25, -0.2) is 4.79 Å². The number of aliphatic carboxylic acids is 1. The van der Waals surface area contributed by atoms with Gasteiger partial charge in [0, 0.05) is 25.6 Å². The third kappa shape index (κ3) is 3.83. The number of alkyl carbamates (subject to hydrolysis) is 1. The van der Waals surface area contributed by atoms with E-state index in [0.29, 0.717) is 6.42 Å². The second-order valence-electron chi connectivity index (χ2n) is 8.74. The Kier molecular flexibility index (Phi) is 5.91. The van der Waals surface area contributed by atoms with E-state index in [1.165, 1.54) is 0 Å². The molecule has 0 bridgehead atoms. The topological polar surface area (TPSA) is 95.9 Å². The van der Waals surface area contributed by atoms with Crippen LogP contribution >= 0.6 is 0 Å². The van der Waals surface area contributed by atoms with Gasteiger partial charge in [0.1, 0.15) is 12.0 Å². The fourth-order valence-corrected chi connectivity index (χ4v) is 4.64. The average molecular weight is 437 g/mol. The van der Waals surface area contributed by atoms with E-state index < -0.39 is 23.4 Å². The zero-order valence-electron chi connectivity index (χ0n) is 18.3. The number of likely N-dealkylation sites (tertiary alicyclic amines) is 1. The molecule has 0 spiro atoms. The minimum atomic E-state index is -0.867. The maximum absolute atomic E-state index is 12.5. The summed E-state index contributed by atoms with van der Waals surface area (Å²) in [6, 6.07) is 16.2. The number of amides is 2. The van der Waals surface area contributed by atoms with Gasteiger partial charge in [-0.3, -0.25) is 9.59 Å². The lowest BCUT2D eigenvalue weighted by Gasteiger charge is -2.47. The smallest absolute Gasteiger partial charge is 0.407 e.